The third-order valence-electron chi connectivity index (χ3n) is 2.74. The molecular formula is C11H20N2. The van der Waals surface area contributed by atoms with Crippen molar-refractivity contribution in [1.82, 2.24) is 9.97 Å². The predicted molar refractivity (Wildman–Crippen MR) is 56.0 cm³/mol. The topological polar surface area (TPSA) is 28.7 Å². The molecule has 1 N–H and O–H groups in total. The summed E-state index contributed by atoms with van der Waals surface area (Å²) in [7, 11) is 0. The van der Waals surface area contributed by atoms with Crippen LogP contribution < -0.4 is 0 Å². The summed E-state index contributed by atoms with van der Waals surface area (Å²) in [5.74, 6) is 1.65. The van der Waals surface area contributed by atoms with E-state index in [1.165, 1.54) is 5.69 Å². The largest absolute Gasteiger partial charge is 0.345 e. The second-order valence-corrected chi connectivity index (χ2v) is 4.58. The lowest BCUT2D eigenvalue weighted by Gasteiger charge is -2.19. The van der Waals surface area contributed by atoms with Gasteiger partial charge in [-0.3, -0.25) is 0 Å². The minimum absolute atomic E-state index is 0.174. The molecule has 13 heavy (non-hydrogen) atoms. The van der Waals surface area contributed by atoms with E-state index in [4.69, 9.17) is 0 Å². The number of imidazole rings is 1. The zero-order valence-corrected chi connectivity index (χ0v) is 9.31. The molecule has 0 aromatic carbocycles. The zero-order chi connectivity index (χ0) is 10.1. The van der Waals surface area contributed by atoms with Gasteiger partial charge in [-0.25, -0.2) is 4.98 Å². The Bertz CT molecular complexity index is 271. The van der Waals surface area contributed by atoms with Gasteiger partial charge < -0.3 is 4.98 Å². The average Bonchev–Trinajstić information content (AvgIpc) is 2.52. The first-order chi connectivity index (χ1) is 5.97. The normalized spacial score (nSPS) is 12.5. The fraction of sp³-hybridized carbons (Fsp3) is 0.727. The van der Waals surface area contributed by atoms with Crippen LogP contribution in [0.1, 0.15) is 58.5 Å². The van der Waals surface area contributed by atoms with Crippen molar-refractivity contribution in [2.75, 3.05) is 0 Å². The Morgan fingerprint density at radius 2 is 2.08 bits per heavy atom. The number of aromatic nitrogens is 2. The van der Waals surface area contributed by atoms with Gasteiger partial charge >= 0.3 is 0 Å². The lowest BCUT2D eigenvalue weighted by molar-refractivity contribution is 0.476. The van der Waals surface area contributed by atoms with Crippen LogP contribution in [0.5, 0.6) is 0 Å². The third-order valence-corrected chi connectivity index (χ3v) is 2.74. The molecule has 0 radical (unpaired) electrons. The van der Waals surface area contributed by atoms with Gasteiger partial charge in [-0.2, -0.15) is 0 Å². The molecule has 0 unspecified atom stereocenters. The molecular weight excluding hydrogens is 160 g/mol. The third kappa shape index (κ3) is 2.11. The Labute approximate surface area is 80.8 Å². The highest BCUT2D eigenvalue weighted by atomic mass is 14.9. The van der Waals surface area contributed by atoms with Gasteiger partial charge in [-0.15, -0.1) is 0 Å². The van der Waals surface area contributed by atoms with Gasteiger partial charge in [-0.05, 0) is 12.3 Å². The molecule has 1 aromatic rings. The van der Waals surface area contributed by atoms with Crippen LogP contribution in [-0.2, 0) is 5.41 Å². The van der Waals surface area contributed by atoms with E-state index in [2.05, 4.69) is 44.6 Å². The van der Waals surface area contributed by atoms with Crippen LogP contribution in [-0.4, -0.2) is 9.97 Å². The Morgan fingerprint density at radius 3 is 2.46 bits per heavy atom. The number of nitrogens with zero attached hydrogens (tertiary/aromatic N) is 1. The van der Waals surface area contributed by atoms with Crippen molar-refractivity contribution < 1.29 is 0 Å². The van der Waals surface area contributed by atoms with Gasteiger partial charge in [0.1, 0.15) is 5.82 Å². The van der Waals surface area contributed by atoms with Gasteiger partial charge in [0.05, 0.1) is 0 Å². The SMILES string of the molecule is CCC(C)(C)c1ncc(C(C)C)[nH]1. The lowest BCUT2D eigenvalue weighted by Crippen LogP contribution is -2.17. The fourth-order valence-electron chi connectivity index (χ4n) is 1.14. The fourth-order valence-corrected chi connectivity index (χ4v) is 1.14. The van der Waals surface area contributed by atoms with Crippen molar-refractivity contribution in [2.45, 2.75) is 52.4 Å². The number of nitrogens with one attached hydrogen (secondary N) is 1. The first kappa shape index (κ1) is 10.3. The van der Waals surface area contributed by atoms with Crippen molar-refractivity contribution in [3.05, 3.63) is 17.7 Å². The van der Waals surface area contributed by atoms with Gasteiger partial charge in [0.15, 0.2) is 0 Å². The quantitative estimate of drug-likeness (QED) is 0.760. The van der Waals surface area contributed by atoms with E-state index in [0.717, 1.165) is 12.2 Å². The second kappa shape index (κ2) is 3.52. The van der Waals surface area contributed by atoms with Crippen LogP contribution in [0.4, 0.5) is 0 Å². The second-order valence-electron chi connectivity index (χ2n) is 4.58. The maximum Gasteiger partial charge on any atom is 0.111 e. The molecule has 0 bridgehead atoms. The zero-order valence-electron chi connectivity index (χ0n) is 9.31. The van der Waals surface area contributed by atoms with Gasteiger partial charge in [0.25, 0.3) is 0 Å². The molecule has 0 aliphatic rings. The predicted octanol–water partition coefficient (Wildman–Crippen LogP) is 3.22. The summed E-state index contributed by atoms with van der Waals surface area (Å²) >= 11 is 0. The molecule has 0 aliphatic heterocycles. The molecule has 0 fully saturated rings. The molecule has 0 spiro atoms. The summed E-state index contributed by atoms with van der Waals surface area (Å²) in [6, 6.07) is 0. The van der Waals surface area contributed by atoms with E-state index in [1.807, 2.05) is 6.20 Å². The highest BCUT2D eigenvalue weighted by molar-refractivity contribution is 5.11. The monoisotopic (exact) mass is 180 g/mol. The maximum absolute atomic E-state index is 4.42. The molecule has 0 atom stereocenters. The standard InChI is InChI=1S/C11H20N2/c1-6-11(4,5)10-12-7-9(13-10)8(2)3/h7-8H,6H2,1-5H3,(H,12,13). The molecule has 74 valence electrons. The maximum atomic E-state index is 4.42. The average molecular weight is 180 g/mol. The van der Waals surface area contributed by atoms with Crippen LogP contribution in [0.3, 0.4) is 0 Å². The van der Waals surface area contributed by atoms with Gasteiger partial charge in [0, 0.05) is 17.3 Å². The Morgan fingerprint density at radius 1 is 1.46 bits per heavy atom. The molecule has 1 heterocycles. The summed E-state index contributed by atoms with van der Waals surface area (Å²) < 4.78 is 0. The Hall–Kier alpha value is -0.790. The van der Waals surface area contributed by atoms with Gasteiger partial charge in [0.2, 0.25) is 0 Å². The van der Waals surface area contributed by atoms with E-state index in [9.17, 15) is 0 Å². The minimum atomic E-state index is 0.174. The Kier molecular flexibility index (Phi) is 2.79. The van der Waals surface area contributed by atoms with Crippen molar-refractivity contribution in [3.8, 4) is 0 Å². The highest BCUT2D eigenvalue weighted by Gasteiger charge is 2.21. The summed E-state index contributed by atoms with van der Waals surface area (Å²) in [6.07, 6.45) is 3.06. The summed E-state index contributed by atoms with van der Waals surface area (Å²) in [6.45, 7) is 11.0. The van der Waals surface area contributed by atoms with Crippen LogP contribution in [0, 0.1) is 0 Å². The van der Waals surface area contributed by atoms with Crippen molar-refractivity contribution in [3.63, 3.8) is 0 Å². The van der Waals surface area contributed by atoms with Crippen LogP contribution in [0.25, 0.3) is 0 Å². The summed E-state index contributed by atoms with van der Waals surface area (Å²) in [5.41, 5.74) is 1.41. The highest BCUT2D eigenvalue weighted by Crippen LogP contribution is 2.25. The number of hydrogen-bond acceptors (Lipinski definition) is 1. The van der Waals surface area contributed by atoms with E-state index in [0.29, 0.717) is 5.92 Å². The molecule has 0 saturated carbocycles. The summed E-state index contributed by atoms with van der Waals surface area (Å²) in [4.78, 5) is 7.82. The van der Waals surface area contributed by atoms with E-state index in [1.54, 1.807) is 0 Å². The van der Waals surface area contributed by atoms with E-state index >= 15 is 0 Å². The molecule has 0 amide bonds. The van der Waals surface area contributed by atoms with Crippen molar-refractivity contribution in [1.29, 1.82) is 0 Å². The minimum Gasteiger partial charge on any atom is -0.345 e. The number of rotatable bonds is 3. The number of hydrogen-bond donors (Lipinski definition) is 1. The van der Waals surface area contributed by atoms with E-state index < -0.39 is 0 Å². The van der Waals surface area contributed by atoms with Crippen LogP contribution in [0.15, 0.2) is 6.20 Å². The molecule has 2 nitrogen and oxygen atoms in total. The molecule has 0 aliphatic carbocycles. The number of H-pyrrole nitrogens is 1. The van der Waals surface area contributed by atoms with Crippen LogP contribution in [0.2, 0.25) is 0 Å². The van der Waals surface area contributed by atoms with Crippen LogP contribution >= 0.6 is 0 Å². The van der Waals surface area contributed by atoms with E-state index in [-0.39, 0.29) is 5.41 Å². The molecule has 2 heteroatoms. The van der Waals surface area contributed by atoms with Crippen molar-refractivity contribution >= 4 is 0 Å². The first-order valence-electron chi connectivity index (χ1n) is 5.02. The molecule has 1 rings (SSSR count). The molecule has 0 saturated heterocycles. The van der Waals surface area contributed by atoms with Crippen molar-refractivity contribution in [2.24, 2.45) is 0 Å². The smallest absolute Gasteiger partial charge is 0.111 e. The first-order valence-corrected chi connectivity index (χ1v) is 5.02. The Balaban J connectivity index is 2.91. The lowest BCUT2D eigenvalue weighted by atomic mass is 9.89. The molecule has 1 aromatic heterocycles. The van der Waals surface area contributed by atoms with Gasteiger partial charge in [-0.1, -0.05) is 34.6 Å². The number of aromatic amines is 1. The summed E-state index contributed by atoms with van der Waals surface area (Å²) in [5, 5.41) is 0.